The quantitative estimate of drug-likeness (QED) is 0.617. The van der Waals surface area contributed by atoms with Crippen LogP contribution in [-0.4, -0.2) is 56.6 Å². The first-order valence-corrected chi connectivity index (χ1v) is 6.22. The van der Waals surface area contributed by atoms with Gasteiger partial charge in [0.1, 0.15) is 6.10 Å². The molecule has 4 nitrogen and oxygen atoms in total. The zero-order valence-electron chi connectivity index (χ0n) is 12.2. The van der Waals surface area contributed by atoms with Gasteiger partial charge in [-0.3, -0.25) is 0 Å². The van der Waals surface area contributed by atoms with E-state index in [1.54, 1.807) is 18.2 Å². The van der Waals surface area contributed by atoms with Crippen molar-refractivity contribution in [2.24, 2.45) is 4.99 Å². The van der Waals surface area contributed by atoms with Crippen molar-refractivity contribution in [2.75, 3.05) is 34.7 Å². The summed E-state index contributed by atoms with van der Waals surface area (Å²) < 4.78 is 19.0. The lowest BCUT2D eigenvalue weighted by atomic mass is 10.3. The van der Waals surface area contributed by atoms with Gasteiger partial charge in [0.15, 0.2) is 17.5 Å². The average molecular weight is 267 g/mol. The normalized spacial score (nSPS) is 11.7. The van der Waals surface area contributed by atoms with E-state index in [1.807, 2.05) is 44.9 Å². The monoisotopic (exact) mass is 267 g/mol. The van der Waals surface area contributed by atoms with Crippen molar-refractivity contribution in [3.63, 3.8) is 0 Å². The molecular weight excluding hydrogens is 245 g/mol. The largest absolute Gasteiger partial charge is 0.486 e. The van der Waals surface area contributed by atoms with Gasteiger partial charge in [-0.25, -0.2) is 9.38 Å². The molecule has 1 aromatic carbocycles. The first kappa shape index (κ1) is 15.3. The van der Waals surface area contributed by atoms with Crippen LogP contribution in [0.5, 0.6) is 5.75 Å². The standard InChI is InChI=1S/C14H22FN3O/c1-11(10-16-14(17(2)3)18(4)5)19-13-9-7-6-8-12(13)15/h6-9,11H,10H2,1-5H3. The zero-order valence-corrected chi connectivity index (χ0v) is 12.2. The van der Waals surface area contributed by atoms with E-state index >= 15 is 0 Å². The number of guanidine groups is 1. The third-order valence-electron chi connectivity index (χ3n) is 2.45. The van der Waals surface area contributed by atoms with E-state index in [1.165, 1.54) is 6.07 Å². The van der Waals surface area contributed by atoms with Gasteiger partial charge in [-0.1, -0.05) is 12.1 Å². The summed E-state index contributed by atoms with van der Waals surface area (Å²) >= 11 is 0. The Labute approximate surface area is 114 Å². The lowest BCUT2D eigenvalue weighted by Gasteiger charge is -2.23. The van der Waals surface area contributed by atoms with E-state index in [2.05, 4.69) is 4.99 Å². The number of hydrogen-bond acceptors (Lipinski definition) is 2. The summed E-state index contributed by atoms with van der Waals surface area (Å²) in [7, 11) is 7.73. The maximum absolute atomic E-state index is 13.4. The van der Waals surface area contributed by atoms with E-state index in [-0.39, 0.29) is 17.7 Å². The van der Waals surface area contributed by atoms with Crippen molar-refractivity contribution in [3.05, 3.63) is 30.1 Å². The maximum atomic E-state index is 13.4. The number of ether oxygens (including phenoxy) is 1. The topological polar surface area (TPSA) is 28.1 Å². The second kappa shape index (κ2) is 6.97. The van der Waals surface area contributed by atoms with Gasteiger partial charge in [0, 0.05) is 28.2 Å². The van der Waals surface area contributed by atoms with Gasteiger partial charge in [-0.15, -0.1) is 0 Å². The Morgan fingerprint density at radius 1 is 1.21 bits per heavy atom. The van der Waals surface area contributed by atoms with Crippen LogP contribution in [0.1, 0.15) is 6.92 Å². The molecule has 0 aromatic heterocycles. The molecule has 0 saturated heterocycles. The smallest absolute Gasteiger partial charge is 0.195 e. The lowest BCUT2D eigenvalue weighted by molar-refractivity contribution is 0.219. The van der Waals surface area contributed by atoms with Crippen molar-refractivity contribution in [2.45, 2.75) is 13.0 Å². The number of nitrogens with zero attached hydrogens (tertiary/aromatic N) is 3. The summed E-state index contributed by atoms with van der Waals surface area (Å²) in [5.74, 6) is 0.768. The van der Waals surface area contributed by atoms with Crippen molar-refractivity contribution < 1.29 is 9.13 Å². The van der Waals surface area contributed by atoms with Crippen molar-refractivity contribution in [1.82, 2.24) is 9.80 Å². The predicted molar refractivity (Wildman–Crippen MR) is 76.2 cm³/mol. The molecule has 0 radical (unpaired) electrons. The summed E-state index contributed by atoms with van der Waals surface area (Å²) in [6.07, 6.45) is -0.188. The molecule has 19 heavy (non-hydrogen) atoms. The molecule has 1 aromatic rings. The van der Waals surface area contributed by atoms with Gasteiger partial charge in [-0.05, 0) is 19.1 Å². The first-order valence-electron chi connectivity index (χ1n) is 6.22. The number of rotatable bonds is 4. The lowest BCUT2D eigenvalue weighted by Crippen LogP contribution is -2.36. The number of benzene rings is 1. The number of aliphatic imine (C=N–C) groups is 1. The molecule has 0 saturated carbocycles. The van der Waals surface area contributed by atoms with E-state index in [0.717, 1.165) is 5.96 Å². The van der Waals surface area contributed by atoms with Gasteiger partial charge >= 0.3 is 0 Å². The van der Waals surface area contributed by atoms with Crippen LogP contribution < -0.4 is 4.74 Å². The van der Waals surface area contributed by atoms with Crippen LogP contribution in [0.25, 0.3) is 0 Å². The van der Waals surface area contributed by atoms with Crippen LogP contribution in [0, 0.1) is 5.82 Å². The molecule has 0 bridgehead atoms. The highest BCUT2D eigenvalue weighted by atomic mass is 19.1. The fourth-order valence-corrected chi connectivity index (χ4v) is 1.69. The van der Waals surface area contributed by atoms with Gasteiger partial charge in [0.05, 0.1) is 6.54 Å². The molecule has 106 valence electrons. The summed E-state index contributed by atoms with van der Waals surface area (Å²) in [5, 5.41) is 0. The van der Waals surface area contributed by atoms with E-state index in [9.17, 15) is 4.39 Å². The molecule has 1 rings (SSSR count). The fourth-order valence-electron chi connectivity index (χ4n) is 1.69. The van der Waals surface area contributed by atoms with Crippen LogP contribution in [0.4, 0.5) is 4.39 Å². The number of halogens is 1. The van der Waals surface area contributed by atoms with Gasteiger partial charge < -0.3 is 14.5 Å². The minimum atomic E-state index is -0.348. The highest BCUT2D eigenvalue weighted by Crippen LogP contribution is 2.17. The molecule has 1 unspecified atom stereocenters. The van der Waals surface area contributed by atoms with Crippen LogP contribution in [0.2, 0.25) is 0 Å². The molecule has 0 fully saturated rings. The van der Waals surface area contributed by atoms with Crippen molar-refractivity contribution >= 4 is 5.96 Å². The van der Waals surface area contributed by atoms with Crippen LogP contribution in [0.15, 0.2) is 29.3 Å². The Kier molecular flexibility index (Phi) is 5.60. The molecule has 5 heteroatoms. The summed E-state index contributed by atoms with van der Waals surface area (Å²) in [5.41, 5.74) is 0. The Morgan fingerprint density at radius 2 is 1.79 bits per heavy atom. The molecular formula is C14H22FN3O. The Hall–Kier alpha value is -1.78. The minimum absolute atomic E-state index is 0.188. The van der Waals surface area contributed by atoms with Gasteiger partial charge in [-0.2, -0.15) is 0 Å². The van der Waals surface area contributed by atoms with Gasteiger partial charge in [0.2, 0.25) is 0 Å². The van der Waals surface area contributed by atoms with Crippen molar-refractivity contribution in [3.8, 4) is 5.75 Å². The SMILES string of the molecule is CC(CN=C(N(C)C)N(C)C)Oc1ccccc1F. The average Bonchev–Trinajstić information content (AvgIpc) is 2.31. The molecule has 0 aliphatic rings. The second-order valence-corrected chi connectivity index (χ2v) is 4.79. The third-order valence-corrected chi connectivity index (χ3v) is 2.45. The van der Waals surface area contributed by atoms with E-state index in [0.29, 0.717) is 6.54 Å². The molecule has 0 heterocycles. The van der Waals surface area contributed by atoms with Crippen molar-refractivity contribution in [1.29, 1.82) is 0 Å². The third kappa shape index (κ3) is 4.77. The summed E-state index contributed by atoms with van der Waals surface area (Å²) in [6, 6.07) is 6.39. The van der Waals surface area contributed by atoms with Crippen LogP contribution >= 0.6 is 0 Å². The zero-order chi connectivity index (χ0) is 14.4. The molecule has 1 atom stereocenters. The van der Waals surface area contributed by atoms with E-state index < -0.39 is 0 Å². The highest BCUT2D eigenvalue weighted by molar-refractivity contribution is 5.79. The van der Waals surface area contributed by atoms with E-state index in [4.69, 9.17) is 4.74 Å². The molecule has 0 amide bonds. The Bertz CT molecular complexity index is 422. The van der Waals surface area contributed by atoms with Gasteiger partial charge in [0.25, 0.3) is 0 Å². The molecule has 0 spiro atoms. The summed E-state index contributed by atoms with van der Waals surface area (Å²) in [4.78, 5) is 8.32. The Morgan fingerprint density at radius 3 is 2.32 bits per heavy atom. The maximum Gasteiger partial charge on any atom is 0.195 e. The minimum Gasteiger partial charge on any atom is -0.486 e. The first-order chi connectivity index (χ1) is 8.91. The van der Waals surface area contributed by atoms with Crippen LogP contribution in [0.3, 0.4) is 0 Å². The molecule has 0 aliphatic carbocycles. The Balaban J connectivity index is 2.63. The molecule has 0 N–H and O–H groups in total. The van der Waals surface area contributed by atoms with Crippen LogP contribution in [-0.2, 0) is 0 Å². The fraction of sp³-hybridized carbons (Fsp3) is 0.500. The highest BCUT2D eigenvalue weighted by Gasteiger charge is 2.09. The number of para-hydroxylation sites is 1. The summed E-state index contributed by atoms with van der Waals surface area (Å²) in [6.45, 7) is 2.35. The number of hydrogen-bond donors (Lipinski definition) is 0. The predicted octanol–water partition coefficient (Wildman–Crippen LogP) is 2.07. The second-order valence-electron chi connectivity index (χ2n) is 4.79. The molecule has 0 aliphatic heterocycles.